The molecule has 0 amide bonds. The molecule has 0 aliphatic carbocycles. The molecule has 2 aliphatic heterocycles. The van der Waals surface area contributed by atoms with E-state index < -0.39 is 40.0 Å². The third-order valence-electron chi connectivity index (χ3n) is 6.27. The molecule has 2 aromatic carbocycles. The first-order valence-corrected chi connectivity index (χ1v) is 13.3. The van der Waals surface area contributed by atoms with Crippen molar-refractivity contribution in [1.82, 2.24) is 20.8 Å². The van der Waals surface area contributed by atoms with Gasteiger partial charge in [-0.05, 0) is 30.2 Å². The zero-order valence-corrected chi connectivity index (χ0v) is 20.6. The second-order valence-corrected chi connectivity index (χ2v) is 10.8. The molecule has 5 rings (SSSR count). The Hall–Kier alpha value is -3.72. The van der Waals surface area contributed by atoms with Gasteiger partial charge < -0.3 is 25.4 Å². The molecular formula is C24H24F2N6O5S. The molecule has 0 bridgehead atoms. The number of rotatable bonds is 8. The molecule has 0 fully saturated rings. The van der Waals surface area contributed by atoms with Gasteiger partial charge in [0.15, 0.2) is 9.84 Å². The van der Waals surface area contributed by atoms with Crippen LogP contribution in [0.3, 0.4) is 0 Å². The van der Waals surface area contributed by atoms with Crippen LogP contribution in [0.25, 0.3) is 5.57 Å². The summed E-state index contributed by atoms with van der Waals surface area (Å²) < 4.78 is 56.7. The van der Waals surface area contributed by atoms with E-state index in [2.05, 4.69) is 31.1 Å². The number of halogens is 2. The van der Waals surface area contributed by atoms with Gasteiger partial charge in [-0.15, -0.1) is 0 Å². The van der Waals surface area contributed by atoms with Crippen LogP contribution in [0.15, 0.2) is 69.1 Å². The fourth-order valence-electron chi connectivity index (χ4n) is 4.41. The lowest BCUT2D eigenvalue weighted by atomic mass is 10.0. The van der Waals surface area contributed by atoms with Crippen LogP contribution in [0.4, 0.5) is 14.5 Å². The van der Waals surface area contributed by atoms with E-state index in [9.17, 15) is 27.4 Å². The van der Waals surface area contributed by atoms with Crippen molar-refractivity contribution in [1.29, 1.82) is 0 Å². The Balaban J connectivity index is 1.60. The van der Waals surface area contributed by atoms with E-state index in [1.807, 2.05) is 6.07 Å². The maximum atomic E-state index is 13.2. The number of aliphatic hydroxyl groups excluding tert-OH is 2. The molecule has 38 heavy (non-hydrogen) atoms. The van der Waals surface area contributed by atoms with Crippen molar-refractivity contribution >= 4 is 27.4 Å². The van der Waals surface area contributed by atoms with Gasteiger partial charge in [-0.3, -0.25) is 5.32 Å². The summed E-state index contributed by atoms with van der Waals surface area (Å²) in [6, 6.07) is 12.7. The van der Waals surface area contributed by atoms with Gasteiger partial charge in [-0.2, -0.15) is 4.98 Å². The Labute approximate surface area is 216 Å². The van der Waals surface area contributed by atoms with Crippen molar-refractivity contribution in [2.45, 2.75) is 35.7 Å². The van der Waals surface area contributed by atoms with Gasteiger partial charge in [0.05, 0.1) is 41.3 Å². The van der Waals surface area contributed by atoms with Crippen LogP contribution in [-0.4, -0.2) is 53.3 Å². The highest BCUT2D eigenvalue weighted by Gasteiger charge is 2.42. The lowest BCUT2D eigenvalue weighted by Gasteiger charge is -2.38. The van der Waals surface area contributed by atoms with Gasteiger partial charge >= 0.3 is 6.43 Å². The summed E-state index contributed by atoms with van der Waals surface area (Å²) in [6.07, 6.45) is -1.15. The van der Waals surface area contributed by atoms with Crippen LogP contribution in [0.2, 0.25) is 0 Å². The number of hydrogen-bond donors (Lipinski definition) is 5. The highest BCUT2D eigenvalue weighted by Crippen LogP contribution is 2.37. The molecule has 0 saturated carbocycles. The second-order valence-electron chi connectivity index (χ2n) is 8.74. The standard InChI is InChI=1S/C24H24F2N6O5S/c25-21(26)22-29-23(37-32-22)17-11-27-13-28-24(17,31-18(12-33)14-4-2-1-3-5-14)30-15-6-7-20-16(10-15)19(34)8-9-38(20,35)36/h1-7,10-11,13,18-19,21,30-31,33-34H,8-9,12H2,(H,27,28)/t18-,19?,24?/m1/s1. The Morgan fingerprint density at radius 1 is 1.21 bits per heavy atom. The fourth-order valence-corrected chi connectivity index (χ4v) is 5.99. The van der Waals surface area contributed by atoms with Gasteiger partial charge in [0.25, 0.3) is 5.89 Å². The Morgan fingerprint density at radius 2 is 2.00 bits per heavy atom. The SMILES string of the molecule is O=S1(=O)CCC(O)c2cc(NC3(N[C@H](CO)c4ccccc4)N=CNC=C3c3nc(C(F)F)no3)ccc21. The summed E-state index contributed by atoms with van der Waals surface area (Å²) in [7, 11) is -3.55. The van der Waals surface area contributed by atoms with E-state index >= 15 is 0 Å². The second kappa shape index (κ2) is 10.2. The van der Waals surface area contributed by atoms with Crippen LogP contribution in [0, 0.1) is 0 Å². The molecule has 11 nitrogen and oxygen atoms in total. The van der Waals surface area contributed by atoms with Crippen molar-refractivity contribution in [2.24, 2.45) is 4.99 Å². The minimum absolute atomic E-state index is 0.0318. The Bertz CT molecular complexity index is 1480. The minimum Gasteiger partial charge on any atom is -0.394 e. The molecular weight excluding hydrogens is 522 g/mol. The average Bonchev–Trinajstić information content (AvgIpc) is 3.41. The number of alkyl halides is 2. The summed E-state index contributed by atoms with van der Waals surface area (Å²) in [5, 5.41) is 33.3. The maximum absolute atomic E-state index is 13.2. The smallest absolute Gasteiger partial charge is 0.300 e. The fraction of sp³-hybridized carbons (Fsp3) is 0.292. The van der Waals surface area contributed by atoms with Crippen LogP contribution in [-0.2, 0) is 9.84 Å². The highest BCUT2D eigenvalue weighted by atomic mass is 32.2. The Morgan fingerprint density at radius 3 is 2.71 bits per heavy atom. The Kier molecular flexibility index (Phi) is 6.96. The normalized spacial score (nSPS) is 22.9. The molecule has 0 spiro atoms. The number of sulfone groups is 1. The van der Waals surface area contributed by atoms with E-state index in [0.29, 0.717) is 11.3 Å². The molecule has 2 aliphatic rings. The molecule has 3 atom stereocenters. The average molecular weight is 547 g/mol. The number of nitrogens with one attached hydrogen (secondary N) is 3. The van der Waals surface area contributed by atoms with Crippen molar-refractivity contribution in [3.05, 3.63) is 77.6 Å². The van der Waals surface area contributed by atoms with Crippen LogP contribution < -0.4 is 16.0 Å². The van der Waals surface area contributed by atoms with Gasteiger partial charge in [0.2, 0.25) is 11.6 Å². The monoisotopic (exact) mass is 546 g/mol. The lowest BCUT2D eigenvalue weighted by Crippen LogP contribution is -2.55. The van der Waals surface area contributed by atoms with Gasteiger partial charge in [-0.25, -0.2) is 22.2 Å². The van der Waals surface area contributed by atoms with Crippen LogP contribution in [0.1, 0.15) is 47.8 Å². The van der Waals surface area contributed by atoms with Gasteiger partial charge in [0.1, 0.15) is 0 Å². The first-order chi connectivity index (χ1) is 18.2. The molecule has 1 aromatic heterocycles. The third kappa shape index (κ3) is 4.90. The maximum Gasteiger partial charge on any atom is 0.300 e. The van der Waals surface area contributed by atoms with Crippen molar-refractivity contribution in [3.8, 4) is 0 Å². The number of aliphatic imine (C=N–C) groups is 1. The number of fused-ring (bicyclic) bond motifs is 1. The van der Waals surface area contributed by atoms with Crippen LogP contribution >= 0.6 is 0 Å². The largest absolute Gasteiger partial charge is 0.394 e. The molecule has 14 heteroatoms. The summed E-state index contributed by atoms with van der Waals surface area (Å²) in [4.78, 5) is 8.34. The van der Waals surface area contributed by atoms with Gasteiger partial charge in [-0.1, -0.05) is 35.5 Å². The molecule has 3 aromatic rings. The first-order valence-electron chi connectivity index (χ1n) is 11.6. The number of aromatic nitrogens is 2. The third-order valence-corrected chi connectivity index (χ3v) is 8.09. The van der Waals surface area contributed by atoms with E-state index in [1.165, 1.54) is 30.7 Å². The number of benzene rings is 2. The van der Waals surface area contributed by atoms with E-state index in [1.54, 1.807) is 24.3 Å². The predicted octanol–water partition coefficient (Wildman–Crippen LogP) is 2.28. The number of hydrogen-bond acceptors (Lipinski definition) is 11. The zero-order valence-electron chi connectivity index (χ0n) is 19.8. The summed E-state index contributed by atoms with van der Waals surface area (Å²) in [5.41, 5.74) is 1.39. The zero-order chi connectivity index (χ0) is 26.9. The van der Waals surface area contributed by atoms with Gasteiger partial charge in [0, 0.05) is 17.5 Å². The number of aliphatic hydroxyl groups is 2. The summed E-state index contributed by atoms with van der Waals surface area (Å²) in [5.74, 6) is -2.91. The molecule has 3 heterocycles. The minimum atomic E-state index is -3.55. The highest BCUT2D eigenvalue weighted by molar-refractivity contribution is 7.91. The van der Waals surface area contributed by atoms with Crippen molar-refractivity contribution in [3.63, 3.8) is 0 Å². The molecule has 0 saturated heterocycles. The molecule has 2 unspecified atom stereocenters. The van der Waals surface area contributed by atoms with E-state index in [-0.39, 0.29) is 40.7 Å². The molecule has 200 valence electrons. The first kappa shape index (κ1) is 25.9. The van der Waals surface area contributed by atoms with E-state index in [0.717, 1.165) is 0 Å². The van der Waals surface area contributed by atoms with Crippen molar-refractivity contribution < 1.29 is 31.9 Å². The summed E-state index contributed by atoms with van der Waals surface area (Å²) >= 11 is 0. The van der Waals surface area contributed by atoms with E-state index in [4.69, 9.17) is 4.52 Å². The predicted molar refractivity (Wildman–Crippen MR) is 133 cm³/mol. The molecule has 5 N–H and O–H groups in total. The topological polar surface area (TPSA) is 162 Å². The number of anilines is 1. The number of nitrogens with zero attached hydrogens (tertiary/aromatic N) is 3. The lowest BCUT2D eigenvalue weighted by molar-refractivity contribution is 0.136. The molecule has 0 radical (unpaired) electrons. The van der Waals surface area contributed by atoms with Crippen molar-refractivity contribution in [2.75, 3.05) is 17.7 Å². The quantitative estimate of drug-likeness (QED) is 0.265. The summed E-state index contributed by atoms with van der Waals surface area (Å²) in [6.45, 7) is -0.364. The van der Waals surface area contributed by atoms with Crippen LogP contribution in [0.5, 0.6) is 0 Å².